The summed E-state index contributed by atoms with van der Waals surface area (Å²) in [7, 11) is -8.30. The lowest BCUT2D eigenvalue weighted by Crippen LogP contribution is -2.33. The highest BCUT2D eigenvalue weighted by molar-refractivity contribution is 7.86. The maximum absolute atomic E-state index is 12.6. The Kier molecular flexibility index (Phi) is 6.89. The molecule has 0 N–H and O–H groups in total. The number of imide groups is 2. The van der Waals surface area contributed by atoms with Crippen molar-refractivity contribution in [1.29, 1.82) is 0 Å². The number of hydrogen-bond acceptors (Lipinski definition) is 11. The van der Waals surface area contributed by atoms with Crippen LogP contribution in [0.25, 0.3) is 0 Å². The highest BCUT2D eigenvalue weighted by Gasteiger charge is 2.41. The zero-order valence-corrected chi connectivity index (χ0v) is 21.1. The summed E-state index contributed by atoms with van der Waals surface area (Å²) < 4.78 is 62.7. The zero-order chi connectivity index (χ0) is 27.1. The highest BCUT2D eigenvalue weighted by atomic mass is 32.2. The Balaban J connectivity index is 1.55. The van der Waals surface area contributed by atoms with E-state index in [0.717, 1.165) is 0 Å². The normalized spacial score (nSPS) is 15.4. The second-order valence-electron chi connectivity index (χ2n) is 8.00. The molecule has 2 aromatic rings. The first-order chi connectivity index (χ1) is 17.4. The van der Waals surface area contributed by atoms with Crippen molar-refractivity contribution < 1.29 is 49.3 Å². The highest BCUT2D eigenvalue weighted by Crippen LogP contribution is 2.33. The van der Waals surface area contributed by atoms with Crippen LogP contribution in [-0.4, -0.2) is 62.1 Å². The minimum Gasteiger partial charge on any atom is -0.457 e. The molecule has 0 unspecified atom stereocenters. The van der Waals surface area contributed by atoms with E-state index in [4.69, 9.17) is 4.74 Å². The molecule has 15 heteroatoms. The minimum atomic E-state index is -4.15. The van der Waals surface area contributed by atoms with E-state index in [1.807, 2.05) is 0 Å². The molecule has 196 valence electrons. The number of fused-ring (bicyclic) bond motifs is 2. The quantitative estimate of drug-likeness (QED) is 0.395. The van der Waals surface area contributed by atoms with Crippen LogP contribution in [0.4, 0.5) is 0 Å². The summed E-state index contributed by atoms with van der Waals surface area (Å²) in [5.74, 6) is -4.58. The predicted octanol–water partition coefficient (Wildman–Crippen LogP) is 2.01. The summed E-state index contributed by atoms with van der Waals surface area (Å²) in [5, 5.41) is 0.334. The topological polar surface area (TPSA) is 171 Å². The van der Waals surface area contributed by atoms with Gasteiger partial charge in [-0.3, -0.25) is 19.2 Å². The summed E-state index contributed by atoms with van der Waals surface area (Å²) >= 11 is 0. The number of carbonyl (C=O) groups excluding carboxylic acids is 4. The van der Waals surface area contributed by atoms with Crippen LogP contribution in [0.2, 0.25) is 0 Å². The molecule has 2 aromatic carbocycles. The van der Waals surface area contributed by atoms with E-state index < -0.39 is 43.9 Å². The largest absolute Gasteiger partial charge is 0.457 e. The van der Waals surface area contributed by atoms with E-state index >= 15 is 0 Å². The van der Waals surface area contributed by atoms with Gasteiger partial charge in [0.25, 0.3) is 43.9 Å². The van der Waals surface area contributed by atoms with Crippen LogP contribution in [0.3, 0.4) is 0 Å². The van der Waals surface area contributed by atoms with Gasteiger partial charge in [0.15, 0.2) is 0 Å². The molecular formula is C22H20N2O11S2. The van der Waals surface area contributed by atoms with Crippen LogP contribution in [0.15, 0.2) is 36.4 Å². The standard InChI is InChI=1S/C22H20N2O11S2/c1-3-9-36(29,30)34-23-19(25)15-7-5-13(11-17(15)21(23)27)33-14-6-8-16-18(12-14)22(28)24(20(16)26)35-37(31,32)10-4-2/h5-8,11-12H,3-4,9-10H2,1-2H3. The van der Waals surface area contributed by atoms with Gasteiger partial charge >= 0.3 is 0 Å². The molecule has 0 bridgehead atoms. The molecule has 0 atom stereocenters. The van der Waals surface area contributed by atoms with Gasteiger partial charge in [-0.1, -0.05) is 13.8 Å². The molecule has 0 fully saturated rings. The first-order valence-corrected chi connectivity index (χ1v) is 14.1. The van der Waals surface area contributed by atoms with Crippen molar-refractivity contribution in [1.82, 2.24) is 10.1 Å². The van der Waals surface area contributed by atoms with Crippen LogP contribution in [0.1, 0.15) is 68.1 Å². The summed E-state index contributed by atoms with van der Waals surface area (Å²) in [5.41, 5.74) is -0.524. The number of nitrogens with zero attached hydrogens (tertiary/aromatic N) is 2. The Hall–Kier alpha value is -3.66. The molecule has 0 saturated heterocycles. The van der Waals surface area contributed by atoms with Crippen LogP contribution in [-0.2, 0) is 28.8 Å². The van der Waals surface area contributed by atoms with Crippen molar-refractivity contribution in [3.63, 3.8) is 0 Å². The number of benzene rings is 2. The smallest absolute Gasteiger partial charge is 0.288 e. The monoisotopic (exact) mass is 552 g/mol. The second kappa shape index (κ2) is 9.66. The lowest BCUT2D eigenvalue weighted by Gasteiger charge is -2.12. The Morgan fingerprint density at radius 2 is 0.946 bits per heavy atom. The van der Waals surface area contributed by atoms with Crippen molar-refractivity contribution in [2.45, 2.75) is 26.7 Å². The van der Waals surface area contributed by atoms with Gasteiger partial charge in [0.1, 0.15) is 11.5 Å². The predicted molar refractivity (Wildman–Crippen MR) is 124 cm³/mol. The fourth-order valence-electron chi connectivity index (χ4n) is 3.60. The van der Waals surface area contributed by atoms with Crippen LogP contribution in [0.5, 0.6) is 11.5 Å². The SMILES string of the molecule is CCCS(=O)(=O)ON1C(=O)c2ccc(Oc3ccc4c(c3)C(=O)N(OS(=O)(=O)CCC)C4=O)cc2C1=O. The minimum absolute atomic E-state index is 0.0496. The average molecular weight is 553 g/mol. The number of ether oxygens (including phenoxy) is 1. The Morgan fingerprint density at radius 1 is 0.595 bits per heavy atom. The molecule has 0 saturated carbocycles. The summed E-state index contributed by atoms with van der Waals surface area (Å²) in [6.07, 6.45) is 0.438. The van der Waals surface area contributed by atoms with Crippen LogP contribution in [0, 0.1) is 0 Å². The third-order valence-corrected chi connectivity index (χ3v) is 7.73. The first-order valence-electron chi connectivity index (χ1n) is 11.0. The van der Waals surface area contributed by atoms with Crippen molar-refractivity contribution in [3.05, 3.63) is 58.7 Å². The van der Waals surface area contributed by atoms with E-state index in [1.165, 1.54) is 36.4 Å². The van der Waals surface area contributed by atoms with Gasteiger partial charge in [0.05, 0.1) is 33.8 Å². The van der Waals surface area contributed by atoms with Gasteiger partial charge in [0, 0.05) is 0 Å². The van der Waals surface area contributed by atoms with Gasteiger partial charge in [-0.05, 0) is 49.2 Å². The fourth-order valence-corrected chi connectivity index (χ4v) is 5.47. The van der Waals surface area contributed by atoms with Crippen molar-refractivity contribution in [2.75, 3.05) is 11.5 Å². The molecule has 0 aliphatic carbocycles. The molecule has 2 aliphatic rings. The van der Waals surface area contributed by atoms with E-state index in [-0.39, 0.29) is 68.2 Å². The number of rotatable bonds is 10. The van der Waals surface area contributed by atoms with Gasteiger partial charge in [-0.2, -0.15) is 16.8 Å². The summed E-state index contributed by atoms with van der Waals surface area (Å²) in [6.45, 7) is 3.18. The van der Waals surface area contributed by atoms with Gasteiger partial charge in [0.2, 0.25) is 0 Å². The van der Waals surface area contributed by atoms with E-state index in [0.29, 0.717) is 0 Å². The molecule has 4 rings (SSSR count). The van der Waals surface area contributed by atoms with Crippen LogP contribution < -0.4 is 4.74 Å². The average Bonchev–Trinajstić information content (AvgIpc) is 3.18. The molecule has 0 radical (unpaired) electrons. The Bertz CT molecular complexity index is 1430. The molecular weight excluding hydrogens is 532 g/mol. The molecule has 37 heavy (non-hydrogen) atoms. The van der Waals surface area contributed by atoms with Crippen molar-refractivity contribution in [3.8, 4) is 11.5 Å². The molecule has 2 aliphatic heterocycles. The maximum atomic E-state index is 12.6. The second-order valence-corrected chi connectivity index (χ2v) is 11.3. The summed E-state index contributed by atoms with van der Waals surface area (Å²) in [4.78, 5) is 50.2. The summed E-state index contributed by atoms with van der Waals surface area (Å²) in [6, 6.07) is 7.55. The van der Waals surface area contributed by atoms with Gasteiger partial charge < -0.3 is 4.74 Å². The van der Waals surface area contributed by atoms with E-state index in [2.05, 4.69) is 8.57 Å². The zero-order valence-electron chi connectivity index (χ0n) is 19.5. The van der Waals surface area contributed by atoms with Crippen LogP contribution >= 0.6 is 0 Å². The fraction of sp³-hybridized carbons (Fsp3) is 0.273. The van der Waals surface area contributed by atoms with Crippen molar-refractivity contribution >= 4 is 43.9 Å². The third-order valence-electron chi connectivity index (χ3n) is 5.16. The lowest BCUT2D eigenvalue weighted by atomic mass is 10.1. The molecule has 0 aromatic heterocycles. The molecule has 13 nitrogen and oxygen atoms in total. The Morgan fingerprint density at radius 3 is 1.30 bits per heavy atom. The lowest BCUT2D eigenvalue weighted by molar-refractivity contribution is -0.0107. The molecule has 2 heterocycles. The van der Waals surface area contributed by atoms with E-state index in [1.54, 1.807) is 13.8 Å². The first kappa shape index (κ1) is 26.4. The van der Waals surface area contributed by atoms with E-state index in [9.17, 15) is 36.0 Å². The molecule has 4 amide bonds. The number of amides is 4. The third kappa shape index (κ3) is 5.11. The molecule has 0 spiro atoms. The van der Waals surface area contributed by atoms with Gasteiger partial charge in [-0.15, -0.1) is 18.7 Å². The maximum Gasteiger partial charge on any atom is 0.288 e. The number of hydroxylamine groups is 4. The number of hydrogen-bond donors (Lipinski definition) is 0. The van der Waals surface area contributed by atoms with Gasteiger partial charge in [-0.25, -0.2) is 0 Å². The van der Waals surface area contributed by atoms with Crippen molar-refractivity contribution in [2.24, 2.45) is 0 Å². The Labute approximate surface area is 211 Å². The number of carbonyl (C=O) groups is 4.